The van der Waals surface area contributed by atoms with Gasteiger partial charge in [-0.15, -0.1) is 22.7 Å². The maximum Gasteiger partial charge on any atom is 0.261 e. The van der Waals surface area contributed by atoms with Crippen LogP contribution in [0, 0.1) is 0 Å². The maximum atomic E-state index is 13.4. The van der Waals surface area contributed by atoms with Crippen LogP contribution in [0.5, 0.6) is 5.75 Å². The van der Waals surface area contributed by atoms with Crippen molar-refractivity contribution in [3.05, 3.63) is 88.8 Å². The number of amides is 1. The van der Waals surface area contributed by atoms with Crippen molar-refractivity contribution in [3.63, 3.8) is 0 Å². The summed E-state index contributed by atoms with van der Waals surface area (Å²) in [6.07, 6.45) is 2.01. The first kappa shape index (κ1) is 28.4. The van der Waals surface area contributed by atoms with Gasteiger partial charge in [0.1, 0.15) is 15.8 Å². The number of sulfonamides is 1. The van der Waals surface area contributed by atoms with E-state index in [0.717, 1.165) is 58.3 Å². The Kier molecular flexibility index (Phi) is 8.00. The number of carbonyl (C=O) groups excluding carboxylic acids is 1. The molecule has 0 bridgehead atoms. The lowest BCUT2D eigenvalue weighted by molar-refractivity contribution is 0.102. The summed E-state index contributed by atoms with van der Waals surface area (Å²) >= 11 is 3.26. The van der Waals surface area contributed by atoms with Gasteiger partial charge in [-0.25, -0.2) is 13.4 Å². The van der Waals surface area contributed by atoms with Crippen molar-refractivity contribution in [2.24, 2.45) is 0 Å². The predicted octanol–water partition coefficient (Wildman–Crippen LogP) is 6.85. The molecule has 2 N–H and O–H groups in total. The fraction of sp³-hybridized carbons (Fsp3) is 0.226. The SMILES string of the molecule is CCCN1CCc2c(sc(NC(=O)c3ccc(NS(=O)(=O)c4ccc(OC)cc4)cc3)c2-c2nc3ccccc3s2)C1. The number of ether oxygens (including phenoxy) is 1. The molecule has 0 spiro atoms. The van der Waals surface area contributed by atoms with Crippen molar-refractivity contribution < 1.29 is 17.9 Å². The number of rotatable bonds is 9. The van der Waals surface area contributed by atoms with Crippen LogP contribution >= 0.6 is 22.7 Å². The van der Waals surface area contributed by atoms with E-state index < -0.39 is 10.0 Å². The highest BCUT2D eigenvalue weighted by Gasteiger charge is 2.28. The number of nitrogens with zero attached hydrogens (tertiary/aromatic N) is 2. The smallest absolute Gasteiger partial charge is 0.261 e. The molecular weight excluding hydrogens is 589 g/mol. The van der Waals surface area contributed by atoms with Crippen LogP contribution in [0.15, 0.2) is 77.7 Å². The van der Waals surface area contributed by atoms with Gasteiger partial charge in [0.15, 0.2) is 0 Å². The molecule has 0 fully saturated rings. The summed E-state index contributed by atoms with van der Waals surface area (Å²) in [4.78, 5) is 22.2. The third-order valence-corrected chi connectivity index (χ3v) is 10.8. The molecular formula is C31H30N4O4S3. The molecule has 8 nitrogen and oxygen atoms in total. The molecule has 0 aliphatic carbocycles. The number of aromatic nitrogens is 1. The summed E-state index contributed by atoms with van der Waals surface area (Å²) in [6.45, 7) is 5.09. The molecule has 0 saturated heterocycles. The molecule has 0 unspecified atom stereocenters. The number of hydrogen-bond acceptors (Lipinski definition) is 8. The second-order valence-corrected chi connectivity index (χ2v) is 13.9. The number of thiophene rings is 1. The van der Waals surface area contributed by atoms with Crippen LogP contribution < -0.4 is 14.8 Å². The highest BCUT2D eigenvalue weighted by Crippen LogP contribution is 2.45. The van der Waals surface area contributed by atoms with Crippen LogP contribution in [0.1, 0.15) is 34.1 Å². The van der Waals surface area contributed by atoms with E-state index in [9.17, 15) is 13.2 Å². The van der Waals surface area contributed by atoms with E-state index in [4.69, 9.17) is 9.72 Å². The molecule has 1 aliphatic rings. The summed E-state index contributed by atoms with van der Waals surface area (Å²) in [5.41, 5.74) is 4.03. The molecule has 1 aliphatic heterocycles. The van der Waals surface area contributed by atoms with Gasteiger partial charge >= 0.3 is 0 Å². The summed E-state index contributed by atoms with van der Waals surface area (Å²) in [7, 11) is -2.27. The van der Waals surface area contributed by atoms with E-state index in [1.165, 1.54) is 29.7 Å². The molecule has 11 heteroatoms. The standard InChI is InChI=1S/C31H30N4O4S3/c1-3-17-35-18-16-24-27(19-35)41-31(28(24)30-32-25-6-4-5-7-26(25)40-30)33-29(36)20-8-10-21(11-9-20)34-42(37,38)23-14-12-22(39-2)13-15-23/h4-15,34H,3,16-19H2,1-2H3,(H,33,36). The number of fused-ring (bicyclic) bond motifs is 2. The third kappa shape index (κ3) is 5.78. The number of anilines is 2. The maximum absolute atomic E-state index is 13.4. The first-order valence-corrected chi connectivity index (χ1v) is 16.8. The molecule has 3 heterocycles. The van der Waals surface area contributed by atoms with Gasteiger partial charge in [-0.2, -0.15) is 0 Å². The van der Waals surface area contributed by atoms with Crippen molar-refractivity contribution >= 4 is 59.5 Å². The number of methoxy groups -OCH3 is 1. The van der Waals surface area contributed by atoms with Gasteiger partial charge in [0, 0.05) is 34.8 Å². The zero-order valence-corrected chi connectivity index (χ0v) is 25.7. The van der Waals surface area contributed by atoms with E-state index in [1.54, 1.807) is 59.1 Å². The third-order valence-electron chi connectivity index (χ3n) is 7.18. The molecule has 0 radical (unpaired) electrons. The van der Waals surface area contributed by atoms with Crippen molar-refractivity contribution in [2.75, 3.05) is 30.2 Å². The molecule has 42 heavy (non-hydrogen) atoms. The fourth-order valence-electron chi connectivity index (χ4n) is 5.09. The quantitative estimate of drug-likeness (QED) is 0.187. The zero-order valence-electron chi connectivity index (χ0n) is 23.2. The summed E-state index contributed by atoms with van der Waals surface area (Å²) in [6, 6.07) is 20.6. The summed E-state index contributed by atoms with van der Waals surface area (Å²) in [5, 5.41) is 4.87. The van der Waals surface area contributed by atoms with Crippen LogP contribution in [0.2, 0.25) is 0 Å². The average molecular weight is 619 g/mol. The molecule has 3 aromatic carbocycles. The van der Waals surface area contributed by atoms with E-state index in [-0.39, 0.29) is 10.8 Å². The van der Waals surface area contributed by atoms with Gasteiger partial charge in [-0.3, -0.25) is 14.4 Å². The Morgan fingerprint density at radius 1 is 1.02 bits per heavy atom. The molecule has 0 saturated carbocycles. The number of thiazole rings is 1. The Morgan fingerprint density at radius 3 is 2.50 bits per heavy atom. The van der Waals surface area contributed by atoms with Crippen molar-refractivity contribution in [2.45, 2.75) is 31.2 Å². The van der Waals surface area contributed by atoms with Crippen molar-refractivity contribution in [3.8, 4) is 16.3 Å². The second-order valence-electron chi connectivity index (χ2n) is 10.0. The van der Waals surface area contributed by atoms with Crippen LogP contribution in [0.25, 0.3) is 20.8 Å². The predicted molar refractivity (Wildman–Crippen MR) is 170 cm³/mol. The van der Waals surface area contributed by atoms with Gasteiger partial charge < -0.3 is 10.1 Å². The highest BCUT2D eigenvalue weighted by atomic mass is 32.2. The minimum atomic E-state index is -3.79. The van der Waals surface area contributed by atoms with Gasteiger partial charge in [-0.05, 0) is 85.6 Å². The topological polar surface area (TPSA) is 101 Å². The Balaban J connectivity index is 1.25. The Bertz CT molecular complexity index is 1810. The fourth-order valence-corrected chi connectivity index (χ4v) is 8.55. The zero-order chi connectivity index (χ0) is 29.3. The molecule has 0 atom stereocenters. The lowest BCUT2D eigenvalue weighted by atomic mass is 10.0. The Labute approximate surface area is 253 Å². The van der Waals surface area contributed by atoms with Crippen molar-refractivity contribution in [1.29, 1.82) is 0 Å². The lowest BCUT2D eigenvalue weighted by Crippen LogP contribution is -2.30. The molecule has 1 amide bonds. The first-order valence-electron chi connectivity index (χ1n) is 13.7. The van der Waals surface area contributed by atoms with Gasteiger partial charge in [0.2, 0.25) is 0 Å². The van der Waals surface area contributed by atoms with E-state index in [2.05, 4.69) is 27.9 Å². The Hall–Kier alpha value is -3.77. The Morgan fingerprint density at radius 2 is 1.79 bits per heavy atom. The number of para-hydroxylation sites is 1. The van der Waals surface area contributed by atoms with Gasteiger partial charge in [-0.1, -0.05) is 19.1 Å². The highest BCUT2D eigenvalue weighted by molar-refractivity contribution is 7.92. The van der Waals surface area contributed by atoms with Gasteiger partial charge in [0.05, 0.1) is 22.2 Å². The lowest BCUT2D eigenvalue weighted by Gasteiger charge is -2.26. The number of benzene rings is 3. The minimum absolute atomic E-state index is 0.117. The number of nitrogens with one attached hydrogen (secondary N) is 2. The van der Waals surface area contributed by atoms with Crippen LogP contribution in [-0.2, 0) is 23.0 Å². The summed E-state index contributed by atoms with van der Waals surface area (Å²) in [5.74, 6) is 0.311. The van der Waals surface area contributed by atoms with E-state index in [0.29, 0.717) is 17.0 Å². The first-order chi connectivity index (χ1) is 20.3. The number of carbonyl (C=O) groups is 1. The van der Waals surface area contributed by atoms with Crippen LogP contribution in [-0.4, -0.2) is 44.4 Å². The van der Waals surface area contributed by atoms with Crippen molar-refractivity contribution in [1.82, 2.24) is 9.88 Å². The van der Waals surface area contributed by atoms with E-state index >= 15 is 0 Å². The normalized spacial score (nSPS) is 13.6. The second kappa shape index (κ2) is 11.8. The average Bonchev–Trinajstić information content (AvgIpc) is 3.58. The van der Waals surface area contributed by atoms with E-state index in [1.807, 2.05) is 18.2 Å². The molecule has 216 valence electrons. The monoisotopic (exact) mass is 618 g/mol. The largest absolute Gasteiger partial charge is 0.497 e. The molecule has 6 rings (SSSR count). The summed E-state index contributed by atoms with van der Waals surface area (Å²) < 4.78 is 34.4. The van der Waals surface area contributed by atoms with Crippen LogP contribution in [0.3, 0.4) is 0 Å². The molecule has 5 aromatic rings. The molecule has 2 aromatic heterocycles. The number of hydrogen-bond donors (Lipinski definition) is 2. The van der Waals surface area contributed by atoms with Gasteiger partial charge in [0.25, 0.3) is 15.9 Å². The van der Waals surface area contributed by atoms with Crippen LogP contribution in [0.4, 0.5) is 10.7 Å². The minimum Gasteiger partial charge on any atom is -0.497 e.